The Kier molecular flexibility index (Phi) is 2.91. The molecule has 0 aromatic carbocycles. The summed E-state index contributed by atoms with van der Waals surface area (Å²) in [6, 6.07) is 2.54. The molecule has 0 bridgehead atoms. The van der Waals surface area contributed by atoms with Gasteiger partial charge in [0, 0.05) is 17.3 Å². The lowest BCUT2D eigenvalue weighted by Crippen LogP contribution is -2.32. The number of aromatic nitrogens is 1. The van der Waals surface area contributed by atoms with Crippen molar-refractivity contribution < 1.29 is 0 Å². The van der Waals surface area contributed by atoms with E-state index in [1.807, 2.05) is 0 Å². The molecule has 1 aliphatic carbocycles. The molecule has 96 valence electrons. The fourth-order valence-electron chi connectivity index (χ4n) is 3.09. The lowest BCUT2D eigenvalue weighted by molar-refractivity contribution is 0.328. The molecule has 3 nitrogen and oxygen atoms in total. The molecule has 1 atom stereocenters. The Morgan fingerprint density at radius 3 is 2.78 bits per heavy atom. The van der Waals surface area contributed by atoms with Crippen LogP contribution in [0.2, 0.25) is 0 Å². The molecular formula is C14H19N3S. The van der Waals surface area contributed by atoms with Crippen LogP contribution in [-0.2, 0) is 5.41 Å². The highest BCUT2D eigenvalue weighted by Crippen LogP contribution is 2.47. The average Bonchev–Trinajstić information content (AvgIpc) is 2.86. The maximum absolute atomic E-state index is 9.45. The Morgan fingerprint density at radius 2 is 2.28 bits per heavy atom. The second-order valence-electron chi connectivity index (χ2n) is 5.76. The summed E-state index contributed by atoms with van der Waals surface area (Å²) in [5.41, 5.74) is 0.913. The van der Waals surface area contributed by atoms with Crippen molar-refractivity contribution in [2.75, 3.05) is 20.1 Å². The Hall–Kier alpha value is -0.920. The van der Waals surface area contributed by atoms with E-state index in [4.69, 9.17) is 4.98 Å². The minimum atomic E-state index is -0.190. The molecule has 2 aliphatic rings. The molecule has 0 N–H and O–H groups in total. The fraction of sp³-hybridized carbons (Fsp3) is 0.714. The Morgan fingerprint density at radius 1 is 1.50 bits per heavy atom. The molecule has 1 aliphatic heterocycles. The number of likely N-dealkylation sites (tertiary alicyclic amines) is 1. The molecule has 3 rings (SSSR count). The van der Waals surface area contributed by atoms with Gasteiger partial charge >= 0.3 is 0 Å². The number of hydrogen-bond donors (Lipinski definition) is 0. The first-order valence-electron chi connectivity index (χ1n) is 6.72. The van der Waals surface area contributed by atoms with Crippen LogP contribution in [0.25, 0.3) is 0 Å². The largest absolute Gasteiger partial charge is 0.306 e. The lowest BCUT2D eigenvalue weighted by Gasteiger charge is -2.34. The van der Waals surface area contributed by atoms with Crippen LogP contribution in [0.3, 0.4) is 0 Å². The van der Waals surface area contributed by atoms with Crippen LogP contribution in [0, 0.1) is 18.3 Å². The van der Waals surface area contributed by atoms with Crippen molar-refractivity contribution in [3.05, 3.63) is 15.6 Å². The van der Waals surface area contributed by atoms with Gasteiger partial charge in [0.2, 0.25) is 0 Å². The van der Waals surface area contributed by atoms with Gasteiger partial charge < -0.3 is 4.90 Å². The average molecular weight is 261 g/mol. The number of aryl methyl sites for hydroxylation is 1. The standard InChI is InChI=1S/C14H19N3S/c1-10-12(14(9-15)5-3-6-14)18-13(16-10)11-4-7-17(2)8-11/h11H,3-8H2,1-2H3. The van der Waals surface area contributed by atoms with Crippen molar-refractivity contribution in [3.8, 4) is 6.07 Å². The molecule has 1 saturated carbocycles. The summed E-state index contributed by atoms with van der Waals surface area (Å²) < 4.78 is 0. The van der Waals surface area contributed by atoms with Crippen LogP contribution < -0.4 is 0 Å². The van der Waals surface area contributed by atoms with Crippen molar-refractivity contribution in [2.24, 2.45) is 0 Å². The van der Waals surface area contributed by atoms with Gasteiger partial charge in [0.15, 0.2) is 0 Å². The summed E-state index contributed by atoms with van der Waals surface area (Å²) in [4.78, 5) is 8.38. The monoisotopic (exact) mass is 261 g/mol. The minimum absolute atomic E-state index is 0.190. The van der Waals surface area contributed by atoms with Crippen LogP contribution >= 0.6 is 11.3 Å². The van der Waals surface area contributed by atoms with Crippen molar-refractivity contribution >= 4 is 11.3 Å². The van der Waals surface area contributed by atoms with Crippen LogP contribution in [-0.4, -0.2) is 30.0 Å². The first kappa shape index (κ1) is 12.1. The van der Waals surface area contributed by atoms with Gasteiger partial charge in [0.25, 0.3) is 0 Å². The Labute approximate surface area is 112 Å². The number of likely N-dealkylation sites (N-methyl/N-ethyl adjacent to an activating group) is 1. The van der Waals surface area contributed by atoms with Crippen LogP contribution in [0.1, 0.15) is 47.2 Å². The molecule has 2 fully saturated rings. The number of thiazole rings is 1. The topological polar surface area (TPSA) is 39.9 Å². The molecule has 4 heteroatoms. The molecular weight excluding hydrogens is 242 g/mol. The summed E-state index contributed by atoms with van der Waals surface area (Å²) >= 11 is 1.81. The van der Waals surface area contributed by atoms with Gasteiger partial charge in [-0.15, -0.1) is 11.3 Å². The van der Waals surface area contributed by atoms with Gasteiger partial charge in [-0.3, -0.25) is 0 Å². The quantitative estimate of drug-likeness (QED) is 0.822. The third-order valence-electron chi connectivity index (χ3n) is 4.41. The van der Waals surface area contributed by atoms with Crippen molar-refractivity contribution in [1.29, 1.82) is 5.26 Å². The van der Waals surface area contributed by atoms with E-state index in [9.17, 15) is 5.26 Å². The lowest BCUT2D eigenvalue weighted by atomic mass is 9.68. The van der Waals surface area contributed by atoms with Crippen molar-refractivity contribution in [3.63, 3.8) is 0 Å². The molecule has 0 spiro atoms. The molecule has 0 radical (unpaired) electrons. The van der Waals surface area contributed by atoms with E-state index in [-0.39, 0.29) is 5.41 Å². The van der Waals surface area contributed by atoms with E-state index in [2.05, 4.69) is 24.9 Å². The second-order valence-corrected chi connectivity index (χ2v) is 6.79. The van der Waals surface area contributed by atoms with E-state index in [0.717, 1.165) is 25.1 Å². The van der Waals surface area contributed by atoms with Crippen molar-refractivity contribution in [1.82, 2.24) is 9.88 Å². The molecule has 1 unspecified atom stereocenters. The van der Waals surface area contributed by atoms with E-state index in [0.29, 0.717) is 5.92 Å². The predicted molar refractivity (Wildman–Crippen MR) is 72.8 cm³/mol. The zero-order chi connectivity index (χ0) is 12.8. The third-order valence-corrected chi connectivity index (χ3v) is 5.93. The number of nitrogens with zero attached hydrogens (tertiary/aromatic N) is 3. The Bertz CT molecular complexity index is 496. The smallest absolute Gasteiger partial charge is 0.0975 e. The van der Waals surface area contributed by atoms with Gasteiger partial charge in [-0.1, -0.05) is 0 Å². The summed E-state index contributed by atoms with van der Waals surface area (Å²) in [5, 5.41) is 10.7. The normalized spacial score (nSPS) is 26.8. The SMILES string of the molecule is Cc1nc(C2CCN(C)C2)sc1C1(C#N)CCC1. The molecule has 1 aromatic rings. The highest BCUT2D eigenvalue weighted by molar-refractivity contribution is 7.12. The molecule has 0 amide bonds. The molecule has 1 saturated heterocycles. The van der Waals surface area contributed by atoms with E-state index in [1.54, 1.807) is 11.3 Å². The Balaban J connectivity index is 1.89. The second kappa shape index (κ2) is 4.32. The highest BCUT2D eigenvalue weighted by Gasteiger charge is 2.42. The zero-order valence-corrected chi connectivity index (χ0v) is 11.9. The molecule has 1 aromatic heterocycles. The summed E-state index contributed by atoms with van der Waals surface area (Å²) in [6.07, 6.45) is 4.45. The van der Waals surface area contributed by atoms with E-state index < -0.39 is 0 Å². The first-order valence-corrected chi connectivity index (χ1v) is 7.54. The first-order chi connectivity index (χ1) is 8.64. The van der Waals surface area contributed by atoms with E-state index >= 15 is 0 Å². The van der Waals surface area contributed by atoms with Gasteiger partial charge in [-0.2, -0.15) is 5.26 Å². The number of nitriles is 1. The number of rotatable bonds is 2. The zero-order valence-electron chi connectivity index (χ0n) is 11.1. The maximum Gasteiger partial charge on any atom is 0.0975 e. The maximum atomic E-state index is 9.45. The summed E-state index contributed by atoms with van der Waals surface area (Å²) in [7, 11) is 2.17. The molecule has 18 heavy (non-hydrogen) atoms. The van der Waals surface area contributed by atoms with Gasteiger partial charge in [-0.25, -0.2) is 4.98 Å². The van der Waals surface area contributed by atoms with Gasteiger partial charge in [0.05, 0.1) is 22.2 Å². The predicted octanol–water partition coefficient (Wildman–Crippen LogP) is 2.82. The summed E-state index contributed by atoms with van der Waals surface area (Å²) in [6.45, 7) is 4.36. The van der Waals surface area contributed by atoms with Crippen LogP contribution in [0.4, 0.5) is 0 Å². The fourth-order valence-corrected chi connectivity index (χ4v) is 4.48. The minimum Gasteiger partial charge on any atom is -0.306 e. The van der Waals surface area contributed by atoms with Crippen molar-refractivity contribution in [2.45, 2.75) is 43.9 Å². The summed E-state index contributed by atoms with van der Waals surface area (Å²) in [5.74, 6) is 0.586. The van der Waals surface area contributed by atoms with Crippen LogP contribution in [0.5, 0.6) is 0 Å². The number of hydrogen-bond acceptors (Lipinski definition) is 4. The van der Waals surface area contributed by atoms with E-state index in [1.165, 1.54) is 29.3 Å². The molecule has 2 heterocycles. The highest BCUT2D eigenvalue weighted by atomic mass is 32.1. The van der Waals surface area contributed by atoms with Gasteiger partial charge in [-0.05, 0) is 46.2 Å². The van der Waals surface area contributed by atoms with Crippen LogP contribution in [0.15, 0.2) is 0 Å². The third kappa shape index (κ3) is 1.77. The van der Waals surface area contributed by atoms with Gasteiger partial charge in [0.1, 0.15) is 0 Å².